The third-order valence-electron chi connectivity index (χ3n) is 2.57. The van der Waals surface area contributed by atoms with Gasteiger partial charge in [-0.1, -0.05) is 25.8 Å². The van der Waals surface area contributed by atoms with Crippen LogP contribution in [0.15, 0.2) is 18.2 Å². The van der Waals surface area contributed by atoms with Gasteiger partial charge in [0.15, 0.2) is 0 Å². The third-order valence-corrected chi connectivity index (χ3v) is 2.57. The lowest BCUT2D eigenvalue weighted by molar-refractivity contribution is 0.312. The molecule has 3 heteroatoms. The molecule has 0 radical (unpaired) electrons. The summed E-state index contributed by atoms with van der Waals surface area (Å²) in [4.78, 5) is 6.80. The van der Waals surface area contributed by atoms with Gasteiger partial charge in [-0.05, 0) is 25.2 Å². The van der Waals surface area contributed by atoms with E-state index in [1.54, 1.807) is 0 Å². The van der Waals surface area contributed by atoms with Crippen LogP contribution in [0.3, 0.4) is 0 Å². The van der Waals surface area contributed by atoms with Crippen molar-refractivity contribution in [1.29, 1.82) is 0 Å². The molecule has 0 saturated heterocycles. The Labute approximate surface area is 104 Å². The number of nitrogens with zero attached hydrogens (tertiary/aromatic N) is 2. The molecule has 0 amide bonds. The highest BCUT2D eigenvalue weighted by Gasteiger charge is 2.03. The Bertz CT molecular complexity index is 368. The lowest BCUT2D eigenvalue weighted by Crippen LogP contribution is -2.24. The summed E-state index contributed by atoms with van der Waals surface area (Å²) in [6.07, 6.45) is 5.33. The average molecular weight is 231 g/mol. The second kappa shape index (κ2) is 7.83. The maximum Gasteiger partial charge on any atom is 0.0602 e. The van der Waals surface area contributed by atoms with Gasteiger partial charge >= 0.3 is 0 Å². The summed E-state index contributed by atoms with van der Waals surface area (Å²) in [5, 5.41) is 3.28. The molecule has 1 rings (SSSR count). The molecule has 0 saturated carbocycles. The molecule has 1 aromatic rings. The fourth-order valence-corrected chi connectivity index (χ4v) is 1.61. The van der Waals surface area contributed by atoms with Crippen molar-refractivity contribution < 1.29 is 0 Å². The van der Waals surface area contributed by atoms with E-state index >= 15 is 0 Å². The lowest BCUT2D eigenvalue weighted by Gasteiger charge is -2.17. The van der Waals surface area contributed by atoms with E-state index in [2.05, 4.69) is 47.1 Å². The van der Waals surface area contributed by atoms with Crippen molar-refractivity contribution in [3.8, 4) is 12.3 Å². The van der Waals surface area contributed by atoms with Crippen molar-refractivity contribution in [2.45, 2.75) is 26.9 Å². The zero-order valence-electron chi connectivity index (χ0n) is 10.7. The van der Waals surface area contributed by atoms with E-state index in [9.17, 15) is 0 Å². The Morgan fingerprint density at radius 3 is 2.76 bits per heavy atom. The van der Waals surface area contributed by atoms with Crippen LogP contribution in [0.2, 0.25) is 0 Å². The molecule has 0 aliphatic carbocycles. The molecular weight excluding hydrogens is 210 g/mol. The first-order valence-electron chi connectivity index (χ1n) is 6.11. The fraction of sp³-hybridized carbons (Fsp3) is 0.500. The molecule has 0 atom stereocenters. The molecule has 0 aliphatic heterocycles. The van der Waals surface area contributed by atoms with E-state index in [0.29, 0.717) is 6.54 Å². The van der Waals surface area contributed by atoms with Crippen molar-refractivity contribution in [1.82, 2.24) is 15.2 Å². The van der Waals surface area contributed by atoms with Crippen LogP contribution in [0.25, 0.3) is 0 Å². The summed E-state index contributed by atoms with van der Waals surface area (Å²) in [7, 11) is 0. The van der Waals surface area contributed by atoms with Crippen molar-refractivity contribution >= 4 is 0 Å². The highest BCUT2D eigenvalue weighted by atomic mass is 15.1. The molecule has 0 fully saturated rings. The van der Waals surface area contributed by atoms with Gasteiger partial charge in [-0.3, -0.25) is 9.88 Å². The van der Waals surface area contributed by atoms with E-state index in [1.165, 1.54) is 0 Å². The van der Waals surface area contributed by atoms with Gasteiger partial charge in [-0.15, -0.1) is 6.42 Å². The number of rotatable bonds is 7. The van der Waals surface area contributed by atoms with E-state index in [4.69, 9.17) is 6.42 Å². The quantitative estimate of drug-likeness (QED) is 0.723. The van der Waals surface area contributed by atoms with E-state index < -0.39 is 0 Å². The SMILES string of the molecule is C#CCN(CC)Cc1cccc(CNCC)n1. The van der Waals surface area contributed by atoms with Crippen LogP contribution < -0.4 is 5.32 Å². The smallest absolute Gasteiger partial charge is 0.0602 e. The first kappa shape index (κ1) is 13.7. The minimum Gasteiger partial charge on any atom is -0.311 e. The summed E-state index contributed by atoms with van der Waals surface area (Å²) in [6, 6.07) is 6.15. The number of hydrogen-bond acceptors (Lipinski definition) is 3. The van der Waals surface area contributed by atoms with Crippen molar-refractivity contribution in [2.24, 2.45) is 0 Å². The number of terminal acetylenes is 1. The van der Waals surface area contributed by atoms with Crippen LogP contribution in [0.5, 0.6) is 0 Å². The van der Waals surface area contributed by atoms with Crippen molar-refractivity contribution in [3.63, 3.8) is 0 Å². The van der Waals surface area contributed by atoms with Gasteiger partial charge < -0.3 is 5.32 Å². The van der Waals surface area contributed by atoms with Crippen LogP contribution in [0.4, 0.5) is 0 Å². The minimum absolute atomic E-state index is 0.676. The van der Waals surface area contributed by atoms with Crippen LogP contribution in [-0.4, -0.2) is 29.5 Å². The standard InChI is InChI=1S/C14H21N3/c1-4-10-17(6-3)12-14-9-7-8-13(16-14)11-15-5-2/h1,7-9,15H,5-6,10-12H2,2-3H3. The predicted molar refractivity (Wildman–Crippen MR) is 71.4 cm³/mol. The first-order chi connectivity index (χ1) is 8.30. The Kier molecular flexibility index (Phi) is 6.31. The van der Waals surface area contributed by atoms with Crippen LogP contribution in [-0.2, 0) is 13.1 Å². The average Bonchev–Trinajstić information content (AvgIpc) is 2.36. The number of nitrogens with one attached hydrogen (secondary N) is 1. The van der Waals surface area contributed by atoms with Gasteiger partial charge in [0, 0.05) is 13.1 Å². The molecule has 0 aliphatic rings. The highest BCUT2D eigenvalue weighted by Crippen LogP contribution is 2.03. The van der Waals surface area contributed by atoms with Crippen LogP contribution in [0, 0.1) is 12.3 Å². The third kappa shape index (κ3) is 4.99. The van der Waals surface area contributed by atoms with Gasteiger partial charge in [0.2, 0.25) is 0 Å². The molecule has 1 aromatic heterocycles. The molecular formula is C14H21N3. The zero-order valence-corrected chi connectivity index (χ0v) is 10.7. The Balaban J connectivity index is 2.61. The topological polar surface area (TPSA) is 28.2 Å². The highest BCUT2D eigenvalue weighted by molar-refractivity contribution is 5.11. The maximum atomic E-state index is 5.33. The van der Waals surface area contributed by atoms with Gasteiger partial charge in [-0.2, -0.15) is 0 Å². The predicted octanol–water partition coefficient (Wildman–Crippen LogP) is 1.65. The van der Waals surface area contributed by atoms with Gasteiger partial charge in [-0.25, -0.2) is 0 Å². The molecule has 1 heterocycles. The zero-order chi connectivity index (χ0) is 12.5. The monoisotopic (exact) mass is 231 g/mol. The molecule has 0 aromatic carbocycles. The summed E-state index contributed by atoms with van der Waals surface area (Å²) < 4.78 is 0. The Hall–Kier alpha value is -1.37. The number of pyridine rings is 1. The summed E-state index contributed by atoms with van der Waals surface area (Å²) >= 11 is 0. The molecule has 1 N–H and O–H groups in total. The molecule has 0 bridgehead atoms. The van der Waals surface area contributed by atoms with E-state index in [0.717, 1.165) is 37.6 Å². The minimum atomic E-state index is 0.676. The first-order valence-corrected chi connectivity index (χ1v) is 6.11. The van der Waals surface area contributed by atoms with Crippen molar-refractivity contribution in [3.05, 3.63) is 29.6 Å². The number of hydrogen-bond donors (Lipinski definition) is 1. The summed E-state index contributed by atoms with van der Waals surface area (Å²) in [5.74, 6) is 2.67. The Morgan fingerprint density at radius 2 is 2.12 bits per heavy atom. The fourth-order valence-electron chi connectivity index (χ4n) is 1.61. The number of aromatic nitrogens is 1. The van der Waals surface area contributed by atoms with Gasteiger partial charge in [0.25, 0.3) is 0 Å². The molecule has 3 nitrogen and oxygen atoms in total. The van der Waals surface area contributed by atoms with Crippen LogP contribution >= 0.6 is 0 Å². The normalized spacial score (nSPS) is 10.5. The summed E-state index contributed by atoms with van der Waals surface area (Å²) in [5.41, 5.74) is 2.17. The maximum absolute atomic E-state index is 5.33. The molecule has 0 spiro atoms. The van der Waals surface area contributed by atoms with Gasteiger partial charge in [0.1, 0.15) is 0 Å². The molecule has 92 valence electrons. The van der Waals surface area contributed by atoms with Crippen LogP contribution in [0.1, 0.15) is 25.2 Å². The van der Waals surface area contributed by atoms with Gasteiger partial charge in [0.05, 0.1) is 17.9 Å². The summed E-state index contributed by atoms with van der Waals surface area (Å²) in [6.45, 7) is 8.44. The van der Waals surface area contributed by atoms with Crippen molar-refractivity contribution in [2.75, 3.05) is 19.6 Å². The Morgan fingerprint density at radius 1 is 1.35 bits per heavy atom. The second-order valence-electron chi connectivity index (χ2n) is 3.91. The molecule has 0 unspecified atom stereocenters. The largest absolute Gasteiger partial charge is 0.311 e. The molecule has 17 heavy (non-hydrogen) atoms. The van der Waals surface area contributed by atoms with E-state index in [1.807, 2.05) is 6.07 Å². The lowest BCUT2D eigenvalue weighted by atomic mass is 10.2. The second-order valence-corrected chi connectivity index (χ2v) is 3.91. The van der Waals surface area contributed by atoms with E-state index in [-0.39, 0.29) is 0 Å².